The van der Waals surface area contributed by atoms with Crippen molar-refractivity contribution in [1.29, 1.82) is 0 Å². The van der Waals surface area contributed by atoms with Crippen molar-refractivity contribution in [3.8, 4) is 0 Å². The van der Waals surface area contributed by atoms with E-state index in [0.717, 1.165) is 17.4 Å². The first-order valence-electron chi connectivity index (χ1n) is 7.19. The Kier molecular flexibility index (Phi) is 5.08. The van der Waals surface area contributed by atoms with Crippen LogP contribution in [0.5, 0.6) is 0 Å². The largest absolute Gasteiger partial charge is 0.327 e. The zero-order chi connectivity index (χ0) is 13.0. The van der Waals surface area contributed by atoms with E-state index in [1.165, 1.54) is 37.7 Å². The van der Waals surface area contributed by atoms with Gasteiger partial charge >= 0.3 is 0 Å². The Hall–Kier alpha value is -0.530. The fourth-order valence-electron chi connectivity index (χ4n) is 3.19. The van der Waals surface area contributed by atoms with Gasteiger partial charge in [0.25, 0.3) is 0 Å². The summed E-state index contributed by atoms with van der Waals surface area (Å²) >= 11 is 6.02. The van der Waals surface area contributed by atoms with Gasteiger partial charge < -0.3 is 5.73 Å². The third kappa shape index (κ3) is 3.73. The molecule has 100 valence electrons. The van der Waals surface area contributed by atoms with Gasteiger partial charge in [0.1, 0.15) is 0 Å². The second-order valence-electron chi connectivity index (χ2n) is 5.70. The summed E-state index contributed by atoms with van der Waals surface area (Å²) in [6, 6.07) is 8.40. The monoisotopic (exact) mass is 265 g/mol. The summed E-state index contributed by atoms with van der Waals surface area (Å²) in [4.78, 5) is 0. The third-order valence-electron chi connectivity index (χ3n) is 4.37. The van der Waals surface area contributed by atoms with Crippen LogP contribution in [0.25, 0.3) is 0 Å². The van der Waals surface area contributed by atoms with Gasteiger partial charge in [0.2, 0.25) is 0 Å². The van der Waals surface area contributed by atoms with Crippen LogP contribution in [0.15, 0.2) is 24.3 Å². The Bertz CT molecular complexity index is 377. The highest BCUT2D eigenvalue weighted by Crippen LogP contribution is 2.33. The molecule has 1 saturated carbocycles. The molecule has 1 aromatic rings. The summed E-state index contributed by atoms with van der Waals surface area (Å²) in [5.74, 6) is 1.59. The Labute approximate surface area is 116 Å². The van der Waals surface area contributed by atoms with Crippen molar-refractivity contribution in [3.63, 3.8) is 0 Å². The zero-order valence-electron chi connectivity index (χ0n) is 11.2. The van der Waals surface area contributed by atoms with Crippen LogP contribution in [0.4, 0.5) is 0 Å². The number of nitrogens with two attached hydrogens (primary N) is 1. The van der Waals surface area contributed by atoms with Gasteiger partial charge in [-0.3, -0.25) is 0 Å². The standard InChI is InChI=1S/C16H24ClN/c1-2-12-5-3-7-14(9-12)16(18)11-13-6-4-8-15(17)10-13/h4,6,8,10,12,14,16H,2-3,5,7,9,11,18H2,1H3. The van der Waals surface area contributed by atoms with Crippen LogP contribution in [-0.4, -0.2) is 6.04 Å². The van der Waals surface area contributed by atoms with Gasteiger partial charge in [-0.15, -0.1) is 0 Å². The van der Waals surface area contributed by atoms with E-state index in [1.54, 1.807) is 0 Å². The normalized spacial score (nSPS) is 25.9. The minimum Gasteiger partial charge on any atom is -0.327 e. The van der Waals surface area contributed by atoms with Crippen LogP contribution in [0.2, 0.25) is 5.02 Å². The lowest BCUT2D eigenvalue weighted by Crippen LogP contribution is -2.35. The first kappa shape index (κ1) is 13.9. The molecule has 0 saturated heterocycles. The summed E-state index contributed by atoms with van der Waals surface area (Å²) in [6.45, 7) is 2.30. The van der Waals surface area contributed by atoms with E-state index in [2.05, 4.69) is 13.0 Å². The smallest absolute Gasteiger partial charge is 0.0408 e. The molecule has 1 aromatic carbocycles. The van der Waals surface area contributed by atoms with Crippen LogP contribution in [0, 0.1) is 11.8 Å². The molecule has 1 fully saturated rings. The maximum Gasteiger partial charge on any atom is 0.0408 e. The van der Waals surface area contributed by atoms with Gasteiger partial charge in [-0.1, -0.05) is 49.9 Å². The lowest BCUT2D eigenvalue weighted by Gasteiger charge is -2.32. The molecule has 2 N–H and O–H groups in total. The molecule has 0 radical (unpaired) electrons. The molecule has 0 spiro atoms. The molecular formula is C16H24ClN. The van der Waals surface area contributed by atoms with Gasteiger partial charge in [0.05, 0.1) is 0 Å². The molecule has 0 aliphatic heterocycles. The highest BCUT2D eigenvalue weighted by molar-refractivity contribution is 6.30. The second-order valence-corrected chi connectivity index (χ2v) is 6.14. The van der Waals surface area contributed by atoms with Crippen molar-refractivity contribution in [1.82, 2.24) is 0 Å². The fraction of sp³-hybridized carbons (Fsp3) is 0.625. The summed E-state index contributed by atoms with van der Waals surface area (Å²) in [7, 11) is 0. The molecule has 1 nitrogen and oxygen atoms in total. The van der Waals surface area contributed by atoms with Crippen LogP contribution in [0.3, 0.4) is 0 Å². The molecule has 3 unspecified atom stereocenters. The molecule has 2 heteroatoms. The molecule has 0 aromatic heterocycles. The molecule has 0 bridgehead atoms. The number of halogens is 1. The number of benzene rings is 1. The fourth-order valence-corrected chi connectivity index (χ4v) is 3.41. The summed E-state index contributed by atoms with van der Waals surface area (Å²) in [6.07, 6.45) is 7.64. The average Bonchev–Trinajstić information content (AvgIpc) is 2.39. The topological polar surface area (TPSA) is 26.0 Å². The van der Waals surface area contributed by atoms with Crippen LogP contribution < -0.4 is 5.73 Å². The maximum absolute atomic E-state index is 6.40. The number of rotatable bonds is 4. The van der Waals surface area contributed by atoms with Crippen LogP contribution in [-0.2, 0) is 6.42 Å². The molecule has 0 heterocycles. The van der Waals surface area contributed by atoms with Crippen LogP contribution >= 0.6 is 11.6 Å². The number of hydrogen-bond acceptors (Lipinski definition) is 1. The van der Waals surface area contributed by atoms with Crippen molar-refractivity contribution in [2.24, 2.45) is 17.6 Å². The molecule has 1 aliphatic carbocycles. The number of hydrogen-bond donors (Lipinski definition) is 1. The summed E-state index contributed by atoms with van der Waals surface area (Å²) in [5, 5.41) is 0.815. The quantitative estimate of drug-likeness (QED) is 0.857. The van der Waals surface area contributed by atoms with Crippen molar-refractivity contribution in [3.05, 3.63) is 34.9 Å². The van der Waals surface area contributed by atoms with Crippen molar-refractivity contribution >= 4 is 11.6 Å². The molecule has 3 atom stereocenters. The van der Waals surface area contributed by atoms with Gasteiger partial charge in [0, 0.05) is 11.1 Å². The van der Waals surface area contributed by atoms with Gasteiger partial charge in [-0.25, -0.2) is 0 Å². The Morgan fingerprint density at radius 3 is 2.94 bits per heavy atom. The van der Waals surface area contributed by atoms with Gasteiger partial charge in [-0.05, 0) is 48.8 Å². The Morgan fingerprint density at radius 2 is 2.22 bits per heavy atom. The lowest BCUT2D eigenvalue weighted by molar-refractivity contribution is 0.228. The van der Waals surface area contributed by atoms with Crippen molar-refractivity contribution < 1.29 is 0 Å². The van der Waals surface area contributed by atoms with E-state index in [1.807, 2.05) is 18.2 Å². The zero-order valence-corrected chi connectivity index (χ0v) is 12.0. The van der Waals surface area contributed by atoms with Crippen molar-refractivity contribution in [2.45, 2.75) is 51.5 Å². The van der Waals surface area contributed by atoms with Gasteiger partial charge in [0.15, 0.2) is 0 Å². The van der Waals surface area contributed by atoms with Gasteiger partial charge in [-0.2, -0.15) is 0 Å². The van der Waals surface area contributed by atoms with E-state index >= 15 is 0 Å². The molecule has 2 rings (SSSR count). The minimum absolute atomic E-state index is 0.290. The average molecular weight is 266 g/mol. The first-order valence-corrected chi connectivity index (χ1v) is 7.57. The second kappa shape index (κ2) is 6.58. The van der Waals surface area contributed by atoms with E-state index in [9.17, 15) is 0 Å². The summed E-state index contributed by atoms with van der Waals surface area (Å²) in [5.41, 5.74) is 7.68. The minimum atomic E-state index is 0.290. The molecular weight excluding hydrogens is 242 g/mol. The molecule has 1 aliphatic rings. The lowest BCUT2D eigenvalue weighted by atomic mass is 9.76. The third-order valence-corrected chi connectivity index (χ3v) is 4.60. The Morgan fingerprint density at radius 1 is 1.39 bits per heavy atom. The first-order chi connectivity index (χ1) is 8.69. The van der Waals surface area contributed by atoms with E-state index in [-0.39, 0.29) is 6.04 Å². The van der Waals surface area contributed by atoms with Crippen molar-refractivity contribution in [2.75, 3.05) is 0 Å². The molecule has 0 amide bonds. The van der Waals surface area contributed by atoms with Crippen LogP contribution in [0.1, 0.15) is 44.6 Å². The predicted molar refractivity (Wildman–Crippen MR) is 78.9 cm³/mol. The van der Waals surface area contributed by atoms with E-state index in [4.69, 9.17) is 17.3 Å². The highest BCUT2D eigenvalue weighted by atomic mass is 35.5. The highest BCUT2D eigenvalue weighted by Gasteiger charge is 2.25. The van der Waals surface area contributed by atoms with E-state index < -0.39 is 0 Å². The molecule has 18 heavy (non-hydrogen) atoms. The predicted octanol–water partition coefficient (Wildman–Crippen LogP) is 4.43. The maximum atomic E-state index is 6.40. The summed E-state index contributed by atoms with van der Waals surface area (Å²) < 4.78 is 0. The Balaban J connectivity index is 1.93. The SMILES string of the molecule is CCC1CCCC(C(N)Cc2cccc(Cl)c2)C1. The van der Waals surface area contributed by atoms with E-state index in [0.29, 0.717) is 5.92 Å².